The molecule has 1 saturated heterocycles. The van der Waals surface area contributed by atoms with E-state index in [1.54, 1.807) is 6.92 Å². The molecule has 8 heteroatoms. The molecule has 3 N–H and O–H groups in total. The second-order valence-electron chi connectivity index (χ2n) is 9.56. The zero-order valence-electron chi connectivity index (χ0n) is 22.4. The lowest BCUT2D eigenvalue weighted by molar-refractivity contribution is -0.104. The Morgan fingerprint density at radius 1 is 1.11 bits per heavy atom. The van der Waals surface area contributed by atoms with Crippen molar-refractivity contribution in [2.24, 2.45) is 7.05 Å². The molecule has 1 fully saturated rings. The summed E-state index contributed by atoms with van der Waals surface area (Å²) in [5, 5.41) is 3.99. The topological polar surface area (TPSA) is 106 Å². The zero-order valence-corrected chi connectivity index (χ0v) is 22.4. The van der Waals surface area contributed by atoms with Gasteiger partial charge in [0.2, 0.25) is 0 Å². The third-order valence-electron chi connectivity index (χ3n) is 6.78. The highest BCUT2D eigenvalue weighted by atomic mass is 16.2. The molecule has 2 aromatic carbocycles. The molecular weight excluding hydrogens is 476 g/mol. The van der Waals surface area contributed by atoms with Crippen LogP contribution in [0.15, 0.2) is 60.9 Å². The smallest absolute Gasteiger partial charge is 0.253 e. The predicted octanol–water partition coefficient (Wildman–Crippen LogP) is 5.23. The zero-order chi connectivity index (χ0) is 27.4. The lowest BCUT2D eigenvalue weighted by Crippen LogP contribution is -2.27. The number of hydrogen-bond donors (Lipinski definition) is 2. The molecule has 0 radical (unpaired) electrons. The van der Waals surface area contributed by atoms with Gasteiger partial charge in [-0.05, 0) is 73.2 Å². The van der Waals surface area contributed by atoms with Crippen molar-refractivity contribution in [2.75, 3.05) is 31.2 Å². The van der Waals surface area contributed by atoms with Crippen LogP contribution in [0.1, 0.15) is 35.7 Å². The van der Waals surface area contributed by atoms with Crippen LogP contribution in [-0.2, 0) is 11.8 Å². The number of likely N-dealkylation sites (tertiary alicyclic amines) is 1. The van der Waals surface area contributed by atoms with Crippen molar-refractivity contribution < 1.29 is 9.59 Å². The first kappa shape index (κ1) is 26.6. The number of allylic oxidation sites excluding steroid dienone is 1. The van der Waals surface area contributed by atoms with Gasteiger partial charge in [0.05, 0.1) is 11.1 Å². The fraction of sp³-hybridized carbons (Fsp3) is 0.267. The van der Waals surface area contributed by atoms with Gasteiger partial charge in [-0.2, -0.15) is 0 Å². The van der Waals surface area contributed by atoms with E-state index in [2.05, 4.69) is 50.7 Å². The number of aromatic nitrogens is 3. The average Bonchev–Trinajstić information content (AvgIpc) is 3.56. The van der Waals surface area contributed by atoms with Gasteiger partial charge in [0.15, 0.2) is 0 Å². The molecule has 3 heterocycles. The van der Waals surface area contributed by atoms with Crippen molar-refractivity contribution in [1.29, 1.82) is 0 Å². The molecule has 0 spiro atoms. The molecule has 196 valence electrons. The third kappa shape index (κ3) is 5.16. The minimum absolute atomic E-state index is 0.103. The summed E-state index contributed by atoms with van der Waals surface area (Å²) in [7, 11) is 3.90. The van der Waals surface area contributed by atoms with Gasteiger partial charge in [-0.25, -0.2) is 9.97 Å². The van der Waals surface area contributed by atoms with Gasteiger partial charge in [-0.3, -0.25) is 9.59 Å². The van der Waals surface area contributed by atoms with E-state index in [0.29, 0.717) is 11.4 Å². The molecule has 1 aliphatic rings. The molecule has 1 amide bonds. The van der Waals surface area contributed by atoms with E-state index in [1.165, 1.54) is 6.33 Å². The Morgan fingerprint density at radius 3 is 2.34 bits per heavy atom. The van der Waals surface area contributed by atoms with Crippen molar-refractivity contribution in [3.8, 4) is 22.4 Å². The Bertz CT molecular complexity index is 1500. The number of nitrogen functional groups attached to an aromatic ring is 1. The highest BCUT2D eigenvalue weighted by Gasteiger charge is 2.24. The summed E-state index contributed by atoms with van der Waals surface area (Å²) in [4.78, 5) is 33.1. The molecule has 0 saturated carbocycles. The van der Waals surface area contributed by atoms with Crippen LogP contribution >= 0.6 is 0 Å². The second kappa shape index (κ2) is 11.3. The monoisotopic (exact) mass is 510 g/mol. The van der Waals surface area contributed by atoms with E-state index in [0.717, 1.165) is 82.4 Å². The van der Waals surface area contributed by atoms with E-state index in [1.807, 2.05) is 44.1 Å². The number of anilines is 2. The van der Waals surface area contributed by atoms with Crippen LogP contribution in [0.25, 0.3) is 33.4 Å². The first-order valence-corrected chi connectivity index (χ1v) is 12.6. The molecule has 0 unspecified atom stereocenters. The fourth-order valence-electron chi connectivity index (χ4n) is 4.85. The van der Waals surface area contributed by atoms with Crippen molar-refractivity contribution in [3.05, 3.63) is 72.1 Å². The number of carbonyl (C=O) groups excluding carboxylic acids is 2. The Hall–Kier alpha value is -4.46. The number of hydrogen-bond acceptors (Lipinski definition) is 6. The van der Waals surface area contributed by atoms with Crippen molar-refractivity contribution in [1.82, 2.24) is 19.4 Å². The van der Waals surface area contributed by atoms with Crippen LogP contribution < -0.4 is 11.1 Å². The predicted molar refractivity (Wildman–Crippen MR) is 154 cm³/mol. The van der Waals surface area contributed by atoms with E-state index in [9.17, 15) is 9.59 Å². The van der Waals surface area contributed by atoms with Gasteiger partial charge in [0.1, 0.15) is 24.1 Å². The van der Waals surface area contributed by atoms with Crippen LogP contribution in [0, 0.1) is 6.92 Å². The number of benzene rings is 2. The standard InChI is InChI=1S/C26H28N6O.C4H6O/c1-16-14-18(26(33)32-12-4-5-13-32)8-11-20(16)21-22-24(27)29-15-30-25(22)31(3)23(21)17-6-9-19(28-2)10-7-17;1-4(2)3-5/h6-11,14-15,28H,4-5,12-13H2,1-3H3,(H2,27,29,30);3H,1H2,2H3. The molecule has 0 bridgehead atoms. The van der Waals surface area contributed by atoms with Crippen LogP contribution in [-0.4, -0.2) is 51.8 Å². The first-order chi connectivity index (χ1) is 18.3. The van der Waals surface area contributed by atoms with Crippen LogP contribution in [0.4, 0.5) is 11.5 Å². The maximum Gasteiger partial charge on any atom is 0.253 e. The summed E-state index contributed by atoms with van der Waals surface area (Å²) in [6.45, 7) is 8.68. The summed E-state index contributed by atoms with van der Waals surface area (Å²) in [5.74, 6) is 0.547. The number of amides is 1. The fourth-order valence-corrected chi connectivity index (χ4v) is 4.85. The second-order valence-corrected chi connectivity index (χ2v) is 9.56. The number of rotatable bonds is 5. The molecule has 0 aliphatic carbocycles. The number of nitrogens with one attached hydrogen (secondary N) is 1. The Labute approximate surface area is 223 Å². The van der Waals surface area contributed by atoms with Crippen LogP contribution in [0.3, 0.4) is 0 Å². The van der Waals surface area contributed by atoms with Gasteiger partial charge in [-0.15, -0.1) is 0 Å². The summed E-state index contributed by atoms with van der Waals surface area (Å²) >= 11 is 0. The molecule has 5 rings (SSSR count). The molecule has 4 aromatic rings. The Morgan fingerprint density at radius 2 is 1.76 bits per heavy atom. The molecule has 2 aromatic heterocycles. The molecule has 0 atom stereocenters. The summed E-state index contributed by atoms with van der Waals surface area (Å²) in [6, 6.07) is 14.2. The number of aldehydes is 1. The van der Waals surface area contributed by atoms with E-state index >= 15 is 0 Å². The lowest BCUT2D eigenvalue weighted by atomic mass is 9.94. The van der Waals surface area contributed by atoms with Crippen molar-refractivity contribution >= 4 is 34.7 Å². The van der Waals surface area contributed by atoms with E-state index in [-0.39, 0.29) is 5.91 Å². The summed E-state index contributed by atoms with van der Waals surface area (Å²) < 4.78 is 2.07. The van der Waals surface area contributed by atoms with Crippen LogP contribution in [0.2, 0.25) is 0 Å². The number of nitrogens with zero attached hydrogens (tertiary/aromatic N) is 4. The normalized spacial score (nSPS) is 12.7. The van der Waals surface area contributed by atoms with Crippen molar-refractivity contribution in [3.63, 3.8) is 0 Å². The summed E-state index contributed by atoms with van der Waals surface area (Å²) in [6.07, 6.45) is 4.38. The van der Waals surface area contributed by atoms with Gasteiger partial charge in [0, 0.05) is 44.0 Å². The number of nitrogens with two attached hydrogens (primary N) is 1. The van der Waals surface area contributed by atoms with Gasteiger partial charge in [-0.1, -0.05) is 24.8 Å². The number of carbonyl (C=O) groups is 2. The largest absolute Gasteiger partial charge is 0.388 e. The van der Waals surface area contributed by atoms with Gasteiger partial charge >= 0.3 is 0 Å². The number of aryl methyl sites for hydroxylation is 2. The minimum atomic E-state index is 0.103. The molecule has 1 aliphatic heterocycles. The Kier molecular flexibility index (Phi) is 7.90. The van der Waals surface area contributed by atoms with Crippen LogP contribution in [0.5, 0.6) is 0 Å². The van der Waals surface area contributed by atoms with Crippen molar-refractivity contribution in [2.45, 2.75) is 26.7 Å². The average molecular weight is 511 g/mol. The maximum absolute atomic E-state index is 12.9. The highest BCUT2D eigenvalue weighted by molar-refractivity contribution is 6.08. The SMILES string of the molecule is C=C(C)C=O.CNc1ccc(-c2c(-c3ccc(C(=O)N4CCCC4)cc3C)c3c(N)ncnc3n2C)cc1. The van der Waals surface area contributed by atoms with Gasteiger partial charge in [0.25, 0.3) is 5.91 Å². The molecule has 8 nitrogen and oxygen atoms in total. The molecule has 38 heavy (non-hydrogen) atoms. The van der Waals surface area contributed by atoms with E-state index < -0.39 is 0 Å². The highest BCUT2D eigenvalue weighted by Crippen LogP contribution is 2.43. The van der Waals surface area contributed by atoms with Gasteiger partial charge < -0.3 is 20.5 Å². The quantitative estimate of drug-likeness (QED) is 0.281. The minimum Gasteiger partial charge on any atom is -0.388 e. The number of fused-ring (bicyclic) bond motifs is 1. The third-order valence-corrected chi connectivity index (χ3v) is 6.78. The summed E-state index contributed by atoms with van der Waals surface area (Å²) in [5.41, 5.74) is 14.6. The van der Waals surface area contributed by atoms with E-state index in [4.69, 9.17) is 5.73 Å². The molecular formula is C30H34N6O2. The Balaban J connectivity index is 0.000000617. The maximum atomic E-state index is 12.9. The lowest BCUT2D eigenvalue weighted by Gasteiger charge is -2.17. The first-order valence-electron chi connectivity index (χ1n) is 12.6.